The highest BCUT2D eigenvalue weighted by Gasteiger charge is 2.38. The van der Waals surface area contributed by atoms with Gasteiger partial charge in [0.25, 0.3) is 0 Å². The van der Waals surface area contributed by atoms with E-state index in [0.29, 0.717) is 12.1 Å². The predicted molar refractivity (Wildman–Crippen MR) is 73.3 cm³/mol. The average Bonchev–Trinajstić information content (AvgIpc) is 2.44. The summed E-state index contributed by atoms with van der Waals surface area (Å²) in [7, 11) is 0. The Hall–Kier alpha value is -2.71. The summed E-state index contributed by atoms with van der Waals surface area (Å²) in [6, 6.07) is 4.44. The molecule has 0 atom stereocenters. The summed E-state index contributed by atoms with van der Waals surface area (Å²) < 4.78 is 77.5. The monoisotopic (exact) mass is 349 g/mol. The number of alkyl halides is 6. The molecule has 24 heavy (non-hydrogen) atoms. The molecule has 0 spiro atoms. The van der Waals surface area contributed by atoms with E-state index in [0.717, 1.165) is 18.2 Å². The van der Waals surface area contributed by atoms with Crippen molar-refractivity contribution in [3.63, 3.8) is 0 Å². The summed E-state index contributed by atoms with van der Waals surface area (Å²) in [5.74, 6) is -1.46. The van der Waals surface area contributed by atoms with Crippen LogP contribution in [0.4, 0.5) is 32.0 Å². The predicted octanol–water partition coefficient (Wildman–Crippen LogP) is 4.67. The van der Waals surface area contributed by atoms with Crippen LogP contribution in [0.25, 0.3) is 11.1 Å². The zero-order valence-electron chi connectivity index (χ0n) is 11.7. The van der Waals surface area contributed by atoms with Gasteiger partial charge in [-0.25, -0.2) is 4.79 Å². The van der Waals surface area contributed by atoms with Crippen LogP contribution >= 0.6 is 0 Å². The highest BCUT2D eigenvalue weighted by Crippen LogP contribution is 2.42. The molecule has 2 aromatic rings. The van der Waals surface area contributed by atoms with E-state index in [4.69, 9.17) is 10.8 Å². The van der Waals surface area contributed by atoms with E-state index >= 15 is 0 Å². The molecule has 0 aromatic heterocycles. The lowest BCUT2D eigenvalue weighted by atomic mass is 9.94. The molecule has 0 saturated heterocycles. The van der Waals surface area contributed by atoms with Gasteiger partial charge in [0.15, 0.2) is 0 Å². The maximum Gasteiger partial charge on any atom is 0.417 e. The van der Waals surface area contributed by atoms with Crippen molar-refractivity contribution in [1.29, 1.82) is 0 Å². The van der Waals surface area contributed by atoms with Crippen LogP contribution in [0.5, 0.6) is 0 Å². The number of nitrogens with two attached hydrogens (primary N) is 1. The summed E-state index contributed by atoms with van der Waals surface area (Å²) in [4.78, 5) is 11.0. The quantitative estimate of drug-likeness (QED) is 0.612. The number of hydrogen-bond donors (Lipinski definition) is 2. The van der Waals surface area contributed by atoms with Gasteiger partial charge in [0.05, 0.1) is 22.4 Å². The van der Waals surface area contributed by atoms with Gasteiger partial charge < -0.3 is 10.8 Å². The van der Waals surface area contributed by atoms with Crippen molar-refractivity contribution >= 4 is 11.7 Å². The van der Waals surface area contributed by atoms with Crippen molar-refractivity contribution < 1.29 is 36.2 Å². The molecule has 0 heterocycles. The van der Waals surface area contributed by atoms with Gasteiger partial charge in [-0.05, 0) is 23.8 Å². The molecular formula is C15H9F6NO2. The Morgan fingerprint density at radius 3 is 2.04 bits per heavy atom. The van der Waals surface area contributed by atoms with E-state index in [9.17, 15) is 31.1 Å². The van der Waals surface area contributed by atoms with E-state index in [-0.39, 0.29) is 11.6 Å². The zero-order valence-corrected chi connectivity index (χ0v) is 11.7. The zero-order chi connectivity index (χ0) is 18.3. The summed E-state index contributed by atoms with van der Waals surface area (Å²) in [6.07, 6.45) is -10.0. The highest BCUT2D eigenvalue weighted by atomic mass is 19.4. The molecular weight excluding hydrogens is 340 g/mol. The van der Waals surface area contributed by atoms with E-state index in [1.165, 1.54) is 0 Å². The van der Waals surface area contributed by atoms with Crippen LogP contribution < -0.4 is 5.73 Å². The summed E-state index contributed by atoms with van der Waals surface area (Å²) in [6.45, 7) is 0. The van der Waals surface area contributed by atoms with Crippen LogP contribution in [0.3, 0.4) is 0 Å². The molecule has 3 N–H and O–H groups in total. The first-order chi connectivity index (χ1) is 10.9. The summed E-state index contributed by atoms with van der Waals surface area (Å²) >= 11 is 0. The minimum Gasteiger partial charge on any atom is -0.478 e. The molecule has 0 unspecified atom stereocenters. The highest BCUT2D eigenvalue weighted by molar-refractivity contribution is 5.98. The number of rotatable bonds is 2. The summed E-state index contributed by atoms with van der Waals surface area (Å²) in [5, 5.41) is 8.97. The van der Waals surface area contributed by atoms with Crippen LogP contribution in [-0.2, 0) is 12.4 Å². The second-order valence-corrected chi connectivity index (χ2v) is 4.83. The van der Waals surface area contributed by atoms with Crippen molar-refractivity contribution in [2.45, 2.75) is 12.4 Å². The fourth-order valence-corrected chi connectivity index (χ4v) is 2.18. The van der Waals surface area contributed by atoms with Gasteiger partial charge >= 0.3 is 18.3 Å². The van der Waals surface area contributed by atoms with E-state index in [1.807, 2.05) is 0 Å². The minimum atomic E-state index is -5.08. The maximum atomic E-state index is 13.2. The van der Waals surface area contributed by atoms with Crippen LogP contribution in [-0.4, -0.2) is 11.1 Å². The van der Waals surface area contributed by atoms with Crippen molar-refractivity contribution in [2.24, 2.45) is 0 Å². The third-order valence-electron chi connectivity index (χ3n) is 3.28. The molecule has 0 radical (unpaired) electrons. The minimum absolute atomic E-state index is 0.0256. The summed E-state index contributed by atoms with van der Waals surface area (Å²) in [5.41, 5.74) is 0.722. The third-order valence-corrected chi connectivity index (χ3v) is 3.28. The molecule has 0 aliphatic rings. The molecule has 3 nitrogen and oxygen atoms in total. The molecule has 0 bridgehead atoms. The first kappa shape index (κ1) is 17.6. The van der Waals surface area contributed by atoms with Gasteiger partial charge in [0, 0.05) is 5.56 Å². The maximum absolute atomic E-state index is 13.2. The number of benzene rings is 2. The Kier molecular flexibility index (Phi) is 4.21. The molecule has 9 heteroatoms. The molecule has 2 rings (SSSR count). The van der Waals surface area contributed by atoms with E-state index in [1.54, 1.807) is 0 Å². The smallest absolute Gasteiger partial charge is 0.417 e. The van der Waals surface area contributed by atoms with Crippen molar-refractivity contribution in [1.82, 2.24) is 0 Å². The molecule has 0 aliphatic carbocycles. The van der Waals surface area contributed by atoms with Crippen molar-refractivity contribution in [2.75, 3.05) is 5.73 Å². The van der Waals surface area contributed by atoms with Crippen molar-refractivity contribution in [3.05, 3.63) is 53.1 Å². The molecule has 0 aliphatic heterocycles. The Labute approximate surface area is 131 Å². The lowest BCUT2D eigenvalue weighted by Crippen LogP contribution is -2.13. The first-order valence-corrected chi connectivity index (χ1v) is 6.33. The number of hydrogen-bond acceptors (Lipinski definition) is 2. The number of carboxylic acid groups (broad SMARTS) is 1. The fraction of sp³-hybridized carbons (Fsp3) is 0.133. The second-order valence-electron chi connectivity index (χ2n) is 4.83. The van der Waals surface area contributed by atoms with Gasteiger partial charge in [0.2, 0.25) is 0 Å². The van der Waals surface area contributed by atoms with Gasteiger partial charge in [-0.15, -0.1) is 0 Å². The van der Waals surface area contributed by atoms with Crippen LogP contribution in [0.2, 0.25) is 0 Å². The topological polar surface area (TPSA) is 63.3 Å². The molecule has 128 valence electrons. The fourth-order valence-electron chi connectivity index (χ4n) is 2.18. The van der Waals surface area contributed by atoms with E-state index < -0.39 is 46.3 Å². The van der Waals surface area contributed by atoms with Gasteiger partial charge in [-0.1, -0.05) is 18.2 Å². The Morgan fingerprint density at radius 1 is 0.917 bits per heavy atom. The second kappa shape index (κ2) is 5.73. The largest absolute Gasteiger partial charge is 0.478 e. The Balaban J connectivity index is 2.76. The van der Waals surface area contributed by atoms with Crippen molar-refractivity contribution in [3.8, 4) is 11.1 Å². The van der Waals surface area contributed by atoms with Gasteiger partial charge in [-0.2, -0.15) is 26.3 Å². The molecule has 0 saturated carbocycles. The first-order valence-electron chi connectivity index (χ1n) is 6.33. The molecule has 0 amide bonds. The Morgan fingerprint density at radius 2 is 1.54 bits per heavy atom. The number of carboxylic acids is 1. The van der Waals surface area contributed by atoms with Crippen LogP contribution in [0.15, 0.2) is 36.4 Å². The number of para-hydroxylation sites is 1. The average molecular weight is 349 g/mol. The number of halogens is 6. The SMILES string of the molecule is Nc1c(C(=O)O)cccc1-c1ccc(C(F)(F)F)cc1C(F)(F)F. The van der Waals surface area contributed by atoms with Gasteiger partial charge in [0.1, 0.15) is 0 Å². The van der Waals surface area contributed by atoms with Crippen LogP contribution in [0.1, 0.15) is 21.5 Å². The number of anilines is 1. The van der Waals surface area contributed by atoms with Gasteiger partial charge in [-0.3, -0.25) is 0 Å². The lowest BCUT2D eigenvalue weighted by molar-refractivity contribution is -0.142. The normalized spacial score (nSPS) is 12.2. The number of aromatic carboxylic acids is 1. The molecule has 2 aromatic carbocycles. The number of carbonyl (C=O) groups is 1. The third kappa shape index (κ3) is 3.29. The molecule has 0 fully saturated rings. The Bertz CT molecular complexity index is 796. The van der Waals surface area contributed by atoms with Crippen LogP contribution in [0, 0.1) is 0 Å². The van der Waals surface area contributed by atoms with E-state index in [2.05, 4.69) is 0 Å². The number of nitrogen functional groups attached to an aromatic ring is 1. The standard InChI is InChI=1S/C15H9F6NO2/c16-14(17,18)7-4-5-8(11(6-7)15(19,20)21)9-2-1-3-10(12(9)22)13(23)24/h1-6H,22H2,(H,23,24). The lowest BCUT2D eigenvalue weighted by Gasteiger charge is -2.17.